The Balaban J connectivity index is 1.37. The lowest BCUT2D eigenvalue weighted by atomic mass is 9.85. The summed E-state index contributed by atoms with van der Waals surface area (Å²) in [5, 5.41) is 4.03. The fourth-order valence-electron chi connectivity index (χ4n) is 6.11. The van der Waals surface area contributed by atoms with Gasteiger partial charge in [-0.15, -0.1) is 0 Å². The van der Waals surface area contributed by atoms with Crippen molar-refractivity contribution in [3.8, 4) is 17.0 Å². The molecular formula is C32H36N4O2. The number of aromatic nitrogens is 2. The first kappa shape index (κ1) is 24.7. The van der Waals surface area contributed by atoms with Gasteiger partial charge in [-0.2, -0.15) is 0 Å². The largest absolute Gasteiger partial charge is 0.412 e. The van der Waals surface area contributed by atoms with Crippen molar-refractivity contribution in [2.24, 2.45) is 5.92 Å². The Hall–Kier alpha value is -3.64. The molecule has 2 aromatic heterocycles. The van der Waals surface area contributed by atoms with E-state index in [-0.39, 0.29) is 12.1 Å². The number of hydrogen-bond donors (Lipinski definition) is 1. The van der Waals surface area contributed by atoms with E-state index in [0.717, 1.165) is 47.4 Å². The molecule has 6 rings (SSSR count). The lowest BCUT2D eigenvalue weighted by Crippen LogP contribution is -2.40. The van der Waals surface area contributed by atoms with Crippen molar-refractivity contribution in [1.29, 1.82) is 0 Å². The molecule has 4 aromatic rings. The normalized spacial score (nSPS) is 17.2. The van der Waals surface area contributed by atoms with E-state index in [1.54, 1.807) is 0 Å². The van der Waals surface area contributed by atoms with Crippen LogP contribution in [-0.4, -0.2) is 33.1 Å². The van der Waals surface area contributed by atoms with Crippen molar-refractivity contribution in [1.82, 2.24) is 19.8 Å². The zero-order valence-electron chi connectivity index (χ0n) is 22.1. The molecular weight excluding hydrogens is 472 g/mol. The molecule has 1 atom stereocenters. The molecule has 3 heterocycles. The molecule has 2 aliphatic rings. The highest BCUT2D eigenvalue weighted by Crippen LogP contribution is 2.37. The Labute approximate surface area is 224 Å². The number of ether oxygens (including phenoxy) is 1. The number of carbonyl (C=O) groups excluding carboxylic acids is 1. The summed E-state index contributed by atoms with van der Waals surface area (Å²) in [4.78, 5) is 20.9. The van der Waals surface area contributed by atoms with Crippen molar-refractivity contribution in [2.75, 3.05) is 6.54 Å². The van der Waals surface area contributed by atoms with Crippen LogP contribution in [0.4, 0.5) is 4.79 Å². The summed E-state index contributed by atoms with van der Waals surface area (Å²) in [5.74, 6) is 1.12. The summed E-state index contributed by atoms with van der Waals surface area (Å²) in [6.45, 7) is 5.47. The van der Waals surface area contributed by atoms with Gasteiger partial charge in [-0.1, -0.05) is 61.7 Å². The van der Waals surface area contributed by atoms with Crippen LogP contribution in [0, 0.1) is 5.92 Å². The van der Waals surface area contributed by atoms with E-state index in [2.05, 4.69) is 52.2 Å². The molecule has 1 amide bonds. The van der Waals surface area contributed by atoms with Crippen LogP contribution in [0.1, 0.15) is 50.3 Å². The molecule has 38 heavy (non-hydrogen) atoms. The summed E-state index contributed by atoms with van der Waals surface area (Å²) in [5.41, 5.74) is 4.97. The minimum Gasteiger partial charge on any atom is -0.409 e. The number of hydrogen-bond acceptors (Lipinski definition) is 4. The molecule has 1 saturated carbocycles. The SMILES string of the molecule is C[C@H](NC(=O)Oc1c(CN2CCn3cccc3C2)c(-c2ccccc2)nc2ccccc12)C1CCCCC1. The number of rotatable bonds is 6. The van der Waals surface area contributed by atoms with Crippen LogP contribution in [0.3, 0.4) is 0 Å². The molecule has 1 N–H and O–H groups in total. The van der Waals surface area contributed by atoms with Crippen LogP contribution in [0.25, 0.3) is 22.2 Å². The molecule has 2 aromatic carbocycles. The van der Waals surface area contributed by atoms with E-state index in [1.807, 2.05) is 42.5 Å². The van der Waals surface area contributed by atoms with Crippen LogP contribution in [0.2, 0.25) is 0 Å². The van der Waals surface area contributed by atoms with Gasteiger partial charge in [0.1, 0.15) is 5.75 Å². The van der Waals surface area contributed by atoms with Crippen molar-refractivity contribution in [2.45, 2.75) is 64.7 Å². The number of amides is 1. The molecule has 196 valence electrons. The predicted octanol–water partition coefficient (Wildman–Crippen LogP) is 6.78. The summed E-state index contributed by atoms with van der Waals surface area (Å²) < 4.78 is 8.57. The minimum atomic E-state index is -0.382. The second kappa shape index (κ2) is 11.0. The number of pyridine rings is 1. The third kappa shape index (κ3) is 5.18. The molecule has 6 nitrogen and oxygen atoms in total. The van der Waals surface area contributed by atoms with Crippen molar-refractivity contribution in [3.05, 3.63) is 84.2 Å². The lowest BCUT2D eigenvalue weighted by molar-refractivity contribution is 0.184. The quantitative estimate of drug-likeness (QED) is 0.312. The van der Waals surface area contributed by atoms with E-state index in [1.165, 1.54) is 37.8 Å². The average molecular weight is 509 g/mol. The Morgan fingerprint density at radius 1 is 1.00 bits per heavy atom. The van der Waals surface area contributed by atoms with Gasteiger partial charge in [-0.3, -0.25) is 4.90 Å². The Morgan fingerprint density at radius 3 is 2.63 bits per heavy atom. The zero-order chi connectivity index (χ0) is 25.9. The van der Waals surface area contributed by atoms with Gasteiger partial charge in [0.15, 0.2) is 0 Å². The molecule has 1 aliphatic carbocycles. The monoisotopic (exact) mass is 508 g/mol. The van der Waals surface area contributed by atoms with Crippen molar-refractivity contribution < 1.29 is 9.53 Å². The van der Waals surface area contributed by atoms with Gasteiger partial charge in [-0.05, 0) is 49.9 Å². The van der Waals surface area contributed by atoms with E-state index in [0.29, 0.717) is 18.2 Å². The van der Waals surface area contributed by atoms with Crippen molar-refractivity contribution >= 4 is 17.0 Å². The van der Waals surface area contributed by atoms with Crippen LogP contribution in [-0.2, 0) is 19.6 Å². The highest BCUT2D eigenvalue weighted by molar-refractivity contribution is 5.92. The van der Waals surface area contributed by atoms with E-state index in [4.69, 9.17) is 9.72 Å². The smallest absolute Gasteiger partial charge is 0.409 e. The first-order valence-electron chi connectivity index (χ1n) is 14.0. The van der Waals surface area contributed by atoms with Crippen LogP contribution in [0.15, 0.2) is 72.9 Å². The minimum absolute atomic E-state index is 0.0860. The maximum Gasteiger partial charge on any atom is 0.412 e. The fraction of sp³-hybridized carbons (Fsp3) is 0.375. The molecule has 6 heteroatoms. The average Bonchev–Trinajstić information content (AvgIpc) is 3.43. The molecule has 1 fully saturated rings. The summed E-state index contributed by atoms with van der Waals surface area (Å²) in [6.07, 6.45) is 7.87. The highest BCUT2D eigenvalue weighted by Gasteiger charge is 2.26. The number of carbonyl (C=O) groups is 1. The van der Waals surface area contributed by atoms with Gasteiger partial charge in [-0.25, -0.2) is 9.78 Å². The molecule has 0 radical (unpaired) electrons. The van der Waals surface area contributed by atoms with E-state index in [9.17, 15) is 4.79 Å². The summed E-state index contributed by atoms with van der Waals surface area (Å²) in [7, 11) is 0. The molecule has 0 spiro atoms. The number of nitrogens with one attached hydrogen (secondary N) is 1. The van der Waals surface area contributed by atoms with Gasteiger partial charge in [0, 0.05) is 60.6 Å². The summed E-state index contributed by atoms with van der Waals surface area (Å²) >= 11 is 0. The predicted molar refractivity (Wildman–Crippen MR) is 151 cm³/mol. The third-order valence-electron chi connectivity index (χ3n) is 8.23. The zero-order valence-corrected chi connectivity index (χ0v) is 22.1. The van der Waals surface area contributed by atoms with E-state index < -0.39 is 0 Å². The van der Waals surface area contributed by atoms with Crippen LogP contribution >= 0.6 is 0 Å². The van der Waals surface area contributed by atoms with Crippen molar-refractivity contribution in [3.63, 3.8) is 0 Å². The third-order valence-corrected chi connectivity index (χ3v) is 8.23. The molecule has 0 bridgehead atoms. The molecule has 0 saturated heterocycles. The maximum atomic E-state index is 13.4. The second-order valence-corrected chi connectivity index (χ2v) is 10.8. The molecule has 0 unspecified atom stereocenters. The Bertz CT molecular complexity index is 1410. The van der Waals surface area contributed by atoms with Gasteiger partial charge in [0.25, 0.3) is 0 Å². The number of para-hydroxylation sites is 1. The number of nitrogens with zero attached hydrogens (tertiary/aromatic N) is 3. The van der Waals surface area contributed by atoms with Crippen LogP contribution < -0.4 is 10.1 Å². The Kier molecular flexibility index (Phi) is 7.14. The molecule has 1 aliphatic heterocycles. The van der Waals surface area contributed by atoms with Gasteiger partial charge < -0.3 is 14.6 Å². The first-order chi connectivity index (χ1) is 18.7. The maximum absolute atomic E-state index is 13.4. The number of benzene rings is 2. The highest BCUT2D eigenvalue weighted by atomic mass is 16.6. The van der Waals surface area contributed by atoms with Gasteiger partial charge in [0.05, 0.1) is 11.2 Å². The standard InChI is InChI=1S/C32H36N4O2/c1-23(24-11-4-2-5-12-24)33-32(37)38-31-27-16-8-9-17-29(27)34-30(25-13-6-3-7-14-25)28(31)22-35-19-20-36-18-10-15-26(36)21-35/h3,6-10,13-18,23-24H,2,4-5,11-12,19-22H2,1H3,(H,33,37)/t23-/m0/s1. The summed E-state index contributed by atoms with van der Waals surface area (Å²) in [6, 6.07) is 22.6. The number of fused-ring (bicyclic) bond motifs is 2. The van der Waals surface area contributed by atoms with Gasteiger partial charge >= 0.3 is 6.09 Å². The second-order valence-electron chi connectivity index (χ2n) is 10.8. The van der Waals surface area contributed by atoms with Crippen LogP contribution in [0.5, 0.6) is 5.75 Å². The lowest BCUT2D eigenvalue weighted by Gasteiger charge is -2.30. The topological polar surface area (TPSA) is 59.4 Å². The first-order valence-corrected chi connectivity index (χ1v) is 14.0. The van der Waals surface area contributed by atoms with Gasteiger partial charge in [0.2, 0.25) is 0 Å². The Morgan fingerprint density at radius 2 is 1.79 bits per heavy atom. The van der Waals surface area contributed by atoms with E-state index >= 15 is 0 Å². The fourth-order valence-corrected chi connectivity index (χ4v) is 6.11.